The Kier molecular flexibility index (Phi) is 9.83. The zero-order valence-corrected chi connectivity index (χ0v) is 7.16. The molecule has 5 N–H and O–H groups in total. The Morgan fingerprint density at radius 3 is 2.36 bits per heavy atom. The van der Waals surface area contributed by atoms with E-state index in [0.29, 0.717) is 13.0 Å². The van der Waals surface area contributed by atoms with Crippen LogP contribution < -0.4 is 11.5 Å². The van der Waals surface area contributed by atoms with Gasteiger partial charge in [0.2, 0.25) is 0 Å². The number of hydrogen-bond acceptors (Lipinski definition) is 3. The van der Waals surface area contributed by atoms with E-state index in [-0.39, 0.29) is 17.1 Å². The molecule has 0 saturated carbocycles. The van der Waals surface area contributed by atoms with Crippen molar-refractivity contribution in [3.8, 4) is 0 Å². The van der Waals surface area contributed by atoms with Crippen molar-refractivity contribution in [3.05, 3.63) is 0 Å². The molecule has 0 aliphatic heterocycles. The van der Waals surface area contributed by atoms with E-state index in [4.69, 9.17) is 16.6 Å². The van der Waals surface area contributed by atoms with Crippen LogP contribution in [0.15, 0.2) is 0 Å². The average Bonchev–Trinajstić information content (AvgIpc) is 1.88. The second-order valence-corrected chi connectivity index (χ2v) is 2.23. The molecule has 0 saturated heterocycles. The number of hydrogen-bond donors (Lipinski definition) is 3. The molecule has 1 unspecified atom stereocenters. The largest absolute Gasteiger partial charge is 1.00 e. The van der Waals surface area contributed by atoms with Crippen molar-refractivity contribution < 1.29 is 27.0 Å². The summed E-state index contributed by atoms with van der Waals surface area (Å²) < 4.78 is 0. The second kappa shape index (κ2) is 8.01. The van der Waals surface area contributed by atoms with Crippen LogP contribution >= 0.6 is 0 Å². The van der Waals surface area contributed by atoms with Gasteiger partial charge in [-0.2, -0.15) is 0 Å². The van der Waals surface area contributed by atoms with Crippen LogP contribution in [0.3, 0.4) is 0 Å². The molecule has 0 aromatic heterocycles. The number of unbranched alkanes of at least 4 members (excludes halogenated alkanes) is 1. The van der Waals surface area contributed by atoms with Gasteiger partial charge in [-0.15, -0.1) is 0 Å². The molecule has 0 amide bonds. The van der Waals surface area contributed by atoms with Crippen LogP contribution in [-0.4, -0.2) is 23.7 Å². The number of rotatable bonds is 5. The Hall–Kier alpha value is -0.0905. The van der Waals surface area contributed by atoms with E-state index >= 15 is 0 Å². The molecular formula is C6H14CuN2O2+. The van der Waals surface area contributed by atoms with Crippen molar-refractivity contribution in [3.63, 3.8) is 0 Å². The third kappa shape index (κ3) is 7.81. The first-order chi connectivity index (χ1) is 4.68. The molecule has 0 aliphatic rings. The molecule has 1 atom stereocenters. The van der Waals surface area contributed by atoms with Gasteiger partial charge in [-0.25, -0.2) is 0 Å². The van der Waals surface area contributed by atoms with Crippen molar-refractivity contribution in [1.29, 1.82) is 0 Å². The third-order valence-electron chi connectivity index (χ3n) is 1.29. The molecule has 0 aliphatic carbocycles. The average molecular weight is 210 g/mol. The molecule has 0 heterocycles. The van der Waals surface area contributed by atoms with Crippen molar-refractivity contribution in [2.45, 2.75) is 25.3 Å². The Bertz CT molecular complexity index is 111. The fourth-order valence-electron chi connectivity index (χ4n) is 0.632. The van der Waals surface area contributed by atoms with Crippen molar-refractivity contribution in [1.82, 2.24) is 0 Å². The Balaban J connectivity index is 0. The van der Waals surface area contributed by atoms with E-state index in [1.54, 1.807) is 0 Å². The number of carboxylic acids is 1. The fraction of sp³-hybridized carbons (Fsp3) is 0.833. The molecule has 11 heavy (non-hydrogen) atoms. The fourth-order valence-corrected chi connectivity index (χ4v) is 0.632. The zero-order chi connectivity index (χ0) is 7.98. The summed E-state index contributed by atoms with van der Waals surface area (Å²) in [7, 11) is 0. The minimum Gasteiger partial charge on any atom is -0.480 e. The Morgan fingerprint density at radius 1 is 1.45 bits per heavy atom. The van der Waals surface area contributed by atoms with Crippen LogP contribution in [0.5, 0.6) is 0 Å². The Labute approximate surface area is 76.8 Å². The molecule has 0 fully saturated rings. The molecule has 4 nitrogen and oxygen atoms in total. The van der Waals surface area contributed by atoms with Gasteiger partial charge in [0.1, 0.15) is 6.04 Å². The molecule has 0 bridgehead atoms. The molecule has 0 radical (unpaired) electrons. The summed E-state index contributed by atoms with van der Waals surface area (Å²) in [6, 6.07) is -0.716. The van der Waals surface area contributed by atoms with Gasteiger partial charge >= 0.3 is 23.0 Å². The van der Waals surface area contributed by atoms with E-state index in [2.05, 4.69) is 0 Å². The standard InChI is InChI=1S/C6H14N2O2.Cu/c7-4-2-1-3-5(8)6(9)10;/h5H,1-4,7-8H2,(H,9,10);/q;+1. The van der Waals surface area contributed by atoms with Crippen LogP contribution in [-0.2, 0) is 21.9 Å². The molecule has 70 valence electrons. The molecule has 0 spiro atoms. The maximum absolute atomic E-state index is 10.1. The van der Waals surface area contributed by atoms with Crippen LogP contribution in [0.1, 0.15) is 19.3 Å². The van der Waals surface area contributed by atoms with Gasteiger partial charge in [-0.1, -0.05) is 6.42 Å². The summed E-state index contributed by atoms with van der Waals surface area (Å²) in [5.74, 6) is -0.933. The Morgan fingerprint density at radius 2 is 2.00 bits per heavy atom. The predicted octanol–water partition coefficient (Wildman–Crippen LogP) is -0.475. The molecular weight excluding hydrogens is 196 g/mol. The van der Waals surface area contributed by atoms with Crippen LogP contribution in [0.25, 0.3) is 0 Å². The topological polar surface area (TPSA) is 89.3 Å². The summed E-state index contributed by atoms with van der Waals surface area (Å²) in [6.07, 6.45) is 2.16. The maximum Gasteiger partial charge on any atom is 1.00 e. The number of carbonyl (C=O) groups is 1. The van der Waals surface area contributed by atoms with Gasteiger partial charge in [-0.05, 0) is 19.4 Å². The summed E-state index contributed by atoms with van der Waals surface area (Å²) >= 11 is 0. The summed E-state index contributed by atoms with van der Waals surface area (Å²) in [4.78, 5) is 10.1. The van der Waals surface area contributed by atoms with Crippen molar-refractivity contribution >= 4 is 5.97 Å². The van der Waals surface area contributed by atoms with E-state index < -0.39 is 12.0 Å². The van der Waals surface area contributed by atoms with Gasteiger partial charge in [0, 0.05) is 0 Å². The number of nitrogens with two attached hydrogens (primary N) is 2. The maximum atomic E-state index is 10.1. The molecule has 0 rings (SSSR count). The van der Waals surface area contributed by atoms with E-state index in [1.165, 1.54) is 0 Å². The van der Waals surface area contributed by atoms with Gasteiger partial charge in [0.15, 0.2) is 0 Å². The van der Waals surface area contributed by atoms with E-state index in [1.807, 2.05) is 0 Å². The van der Waals surface area contributed by atoms with Crippen molar-refractivity contribution in [2.24, 2.45) is 11.5 Å². The molecule has 0 aromatic carbocycles. The minimum atomic E-state index is -0.933. The van der Waals surface area contributed by atoms with Crippen LogP contribution in [0.4, 0.5) is 0 Å². The SMILES string of the molecule is NCCCCC(N)C(=O)O.[Cu+]. The minimum absolute atomic E-state index is 0. The van der Waals surface area contributed by atoms with E-state index in [0.717, 1.165) is 12.8 Å². The monoisotopic (exact) mass is 209 g/mol. The number of carboxylic acid groups (broad SMARTS) is 1. The summed E-state index contributed by atoms with van der Waals surface area (Å²) in [5, 5.41) is 8.33. The van der Waals surface area contributed by atoms with Gasteiger partial charge in [0.25, 0.3) is 0 Å². The second-order valence-electron chi connectivity index (χ2n) is 2.23. The van der Waals surface area contributed by atoms with E-state index in [9.17, 15) is 4.79 Å². The van der Waals surface area contributed by atoms with Crippen LogP contribution in [0.2, 0.25) is 0 Å². The quantitative estimate of drug-likeness (QED) is 0.422. The first kappa shape index (κ1) is 13.5. The molecule has 0 aromatic rings. The van der Waals surface area contributed by atoms with Crippen LogP contribution in [0, 0.1) is 0 Å². The third-order valence-corrected chi connectivity index (χ3v) is 1.29. The zero-order valence-electron chi connectivity index (χ0n) is 6.22. The molecule has 5 heteroatoms. The first-order valence-electron chi connectivity index (χ1n) is 3.37. The summed E-state index contributed by atoms with van der Waals surface area (Å²) in [6.45, 7) is 0.604. The normalized spacial score (nSPS) is 11.8. The van der Waals surface area contributed by atoms with Gasteiger partial charge in [0.05, 0.1) is 0 Å². The number of aliphatic carboxylic acids is 1. The smallest absolute Gasteiger partial charge is 0.480 e. The first-order valence-corrected chi connectivity index (χ1v) is 3.37. The van der Waals surface area contributed by atoms with Gasteiger partial charge < -0.3 is 16.6 Å². The van der Waals surface area contributed by atoms with Crippen molar-refractivity contribution in [2.75, 3.05) is 6.54 Å². The predicted molar refractivity (Wildman–Crippen MR) is 38.5 cm³/mol. The van der Waals surface area contributed by atoms with Gasteiger partial charge in [-0.3, -0.25) is 4.79 Å². The summed E-state index contributed by atoms with van der Waals surface area (Å²) in [5.41, 5.74) is 10.4.